The van der Waals surface area contributed by atoms with Crippen molar-refractivity contribution in [3.63, 3.8) is 0 Å². The Balaban J connectivity index is 2.45. The molecule has 2 atom stereocenters. The van der Waals surface area contributed by atoms with Gasteiger partial charge in [-0.05, 0) is 38.9 Å². The van der Waals surface area contributed by atoms with Crippen LogP contribution in [0.25, 0.3) is 0 Å². The van der Waals surface area contributed by atoms with Crippen molar-refractivity contribution >= 4 is 0 Å². The SMILES string of the molecule is CCN(CC)C1CCN(CC(C)(O)C(C)C)C1. The monoisotopic (exact) mass is 242 g/mol. The maximum Gasteiger partial charge on any atom is 0.0768 e. The fourth-order valence-corrected chi connectivity index (χ4v) is 2.63. The summed E-state index contributed by atoms with van der Waals surface area (Å²) in [6.07, 6.45) is 1.25. The Bertz CT molecular complexity index is 224. The lowest BCUT2D eigenvalue weighted by Crippen LogP contribution is -2.45. The van der Waals surface area contributed by atoms with E-state index in [1.807, 2.05) is 6.92 Å². The molecular weight excluding hydrogens is 212 g/mol. The summed E-state index contributed by atoms with van der Waals surface area (Å²) in [7, 11) is 0. The number of hydrogen-bond donors (Lipinski definition) is 1. The Kier molecular flexibility index (Phi) is 5.42. The lowest BCUT2D eigenvalue weighted by molar-refractivity contribution is -0.0149. The van der Waals surface area contributed by atoms with Crippen LogP contribution in [0.4, 0.5) is 0 Å². The Morgan fingerprint density at radius 3 is 2.41 bits per heavy atom. The van der Waals surface area contributed by atoms with Crippen LogP contribution < -0.4 is 0 Å². The largest absolute Gasteiger partial charge is 0.389 e. The molecule has 1 heterocycles. The van der Waals surface area contributed by atoms with Crippen molar-refractivity contribution in [2.75, 3.05) is 32.7 Å². The molecule has 17 heavy (non-hydrogen) atoms. The van der Waals surface area contributed by atoms with Crippen molar-refractivity contribution in [1.29, 1.82) is 0 Å². The number of nitrogens with zero attached hydrogens (tertiary/aromatic N) is 2. The highest BCUT2D eigenvalue weighted by Gasteiger charge is 2.32. The van der Waals surface area contributed by atoms with Crippen molar-refractivity contribution in [2.24, 2.45) is 5.92 Å². The van der Waals surface area contributed by atoms with E-state index in [2.05, 4.69) is 37.5 Å². The zero-order valence-corrected chi connectivity index (χ0v) is 12.2. The first-order valence-corrected chi connectivity index (χ1v) is 7.09. The average Bonchev–Trinajstić information content (AvgIpc) is 2.67. The van der Waals surface area contributed by atoms with E-state index in [0.29, 0.717) is 12.0 Å². The third kappa shape index (κ3) is 3.94. The van der Waals surface area contributed by atoms with Crippen LogP contribution in [0, 0.1) is 5.92 Å². The molecule has 3 heteroatoms. The second-order valence-corrected chi connectivity index (χ2v) is 5.91. The van der Waals surface area contributed by atoms with Crippen molar-refractivity contribution in [3.05, 3.63) is 0 Å². The minimum Gasteiger partial charge on any atom is -0.389 e. The minimum atomic E-state index is -0.557. The van der Waals surface area contributed by atoms with E-state index >= 15 is 0 Å². The van der Waals surface area contributed by atoms with E-state index in [9.17, 15) is 5.11 Å². The highest BCUT2D eigenvalue weighted by atomic mass is 16.3. The molecule has 1 aliphatic rings. The van der Waals surface area contributed by atoms with Gasteiger partial charge >= 0.3 is 0 Å². The molecule has 0 aliphatic carbocycles. The second kappa shape index (κ2) is 6.17. The normalized spacial score (nSPS) is 25.8. The summed E-state index contributed by atoms with van der Waals surface area (Å²) >= 11 is 0. The van der Waals surface area contributed by atoms with Crippen LogP contribution in [0.15, 0.2) is 0 Å². The molecule has 0 saturated carbocycles. The molecule has 0 radical (unpaired) electrons. The van der Waals surface area contributed by atoms with Crippen LogP contribution in [0.2, 0.25) is 0 Å². The molecule has 0 aromatic rings. The molecule has 0 spiro atoms. The summed E-state index contributed by atoms with van der Waals surface area (Å²) in [5.74, 6) is 0.315. The molecule has 102 valence electrons. The van der Waals surface area contributed by atoms with Crippen molar-refractivity contribution < 1.29 is 5.11 Å². The number of aliphatic hydroxyl groups is 1. The Hall–Kier alpha value is -0.120. The van der Waals surface area contributed by atoms with Gasteiger partial charge in [-0.2, -0.15) is 0 Å². The second-order valence-electron chi connectivity index (χ2n) is 5.91. The molecule has 1 saturated heterocycles. The van der Waals surface area contributed by atoms with Crippen LogP contribution in [0.1, 0.15) is 41.0 Å². The summed E-state index contributed by atoms with van der Waals surface area (Å²) in [4.78, 5) is 4.95. The van der Waals surface area contributed by atoms with Gasteiger partial charge in [0.15, 0.2) is 0 Å². The molecular formula is C14H30N2O. The van der Waals surface area contributed by atoms with Crippen LogP contribution in [-0.2, 0) is 0 Å². The smallest absolute Gasteiger partial charge is 0.0768 e. The Labute approximate surface area is 107 Å². The van der Waals surface area contributed by atoms with E-state index in [1.165, 1.54) is 6.42 Å². The Morgan fingerprint density at radius 1 is 1.35 bits per heavy atom. The van der Waals surface area contributed by atoms with E-state index in [-0.39, 0.29) is 0 Å². The van der Waals surface area contributed by atoms with Gasteiger partial charge in [0.25, 0.3) is 0 Å². The molecule has 1 aliphatic heterocycles. The van der Waals surface area contributed by atoms with Crippen LogP contribution in [0.5, 0.6) is 0 Å². The van der Waals surface area contributed by atoms with Crippen LogP contribution in [0.3, 0.4) is 0 Å². The molecule has 2 unspecified atom stereocenters. The number of β-amino-alcohol motifs (C(OH)–C–C–N with tert-alkyl or cyclic N) is 1. The lowest BCUT2D eigenvalue weighted by Gasteiger charge is -2.33. The zero-order chi connectivity index (χ0) is 13.1. The maximum atomic E-state index is 10.3. The molecule has 1 rings (SSSR count). The van der Waals surface area contributed by atoms with Crippen LogP contribution in [-0.4, -0.2) is 59.3 Å². The average molecular weight is 242 g/mol. The molecule has 3 nitrogen and oxygen atoms in total. The van der Waals surface area contributed by atoms with E-state index in [1.54, 1.807) is 0 Å². The lowest BCUT2D eigenvalue weighted by atomic mass is 9.92. The molecule has 0 amide bonds. The highest BCUT2D eigenvalue weighted by Crippen LogP contribution is 2.22. The van der Waals surface area contributed by atoms with E-state index in [4.69, 9.17) is 0 Å². The van der Waals surface area contributed by atoms with Crippen molar-refractivity contribution in [3.8, 4) is 0 Å². The van der Waals surface area contributed by atoms with Gasteiger partial charge in [0.2, 0.25) is 0 Å². The van der Waals surface area contributed by atoms with E-state index in [0.717, 1.165) is 32.7 Å². The summed E-state index contributed by atoms with van der Waals surface area (Å²) < 4.78 is 0. The zero-order valence-electron chi connectivity index (χ0n) is 12.2. The van der Waals surface area contributed by atoms with Gasteiger partial charge in [-0.3, -0.25) is 9.80 Å². The fourth-order valence-electron chi connectivity index (χ4n) is 2.63. The summed E-state index contributed by atoms with van der Waals surface area (Å²) in [6, 6.07) is 0.688. The van der Waals surface area contributed by atoms with Gasteiger partial charge < -0.3 is 5.11 Å². The number of likely N-dealkylation sites (N-methyl/N-ethyl adjacent to an activating group) is 1. The molecule has 0 aromatic heterocycles. The fraction of sp³-hybridized carbons (Fsp3) is 1.00. The number of hydrogen-bond acceptors (Lipinski definition) is 3. The summed E-state index contributed by atoms with van der Waals surface area (Å²) in [5.41, 5.74) is -0.557. The van der Waals surface area contributed by atoms with Gasteiger partial charge in [-0.1, -0.05) is 27.7 Å². The van der Waals surface area contributed by atoms with Crippen LogP contribution >= 0.6 is 0 Å². The summed E-state index contributed by atoms with van der Waals surface area (Å²) in [5, 5.41) is 10.3. The third-order valence-corrected chi connectivity index (χ3v) is 4.36. The first kappa shape index (κ1) is 14.9. The molecule has 0 aromatic carbocycles. The predicted octanol–water partition coefficient (Wildman–Crippen LogP) is 1.81. The first-order chi connectivity index (χ1) is 7.90. The van der Waals surface area contributed by atoms with Gasteiger partial charge in [0.05, 0.1) is 5.60 Å². The number of likely N-dealkylation sites (tertiary alicyclic amines) is 1. The standard InChI is InChI=1S/C14H30N2O/c1-6-16(7-2)13-8-9-15(10-13)11-14(5,17)12(3)4/h12-13,17H,6-11H2,1-5H3. The summed E-state index contributed by atoms with van der Waals surface area (Å²) in [6.45, 7) is 15.9. The van der Waals surface area contributed by atoms with E-state index < -0.39 is 5.60 Å². The molecule has 1 fully saturated rings. The van der Waals surface area contributed by atoms with Gasteiger partial charge in [0.1, 0.15) is 0 Å². The van der Waals surface area contributed by atoms with Gasteiger partial charge in [-0.25, -0.2) is 0 Å². The minimum absolute atomic E-state index is 0.315. The first-order valence-electron chi connectivity index (χ1n) is 7.09. The highest BCUT2D eigenvalue weighted by molar-refractivity contribution is 4.88. The molecule has 1 N–H and O–H groups in total. The topological polar surface area (TPSA) is 26.7 Å². The van der Waals surface area contributed by atoms with Crippen molar-refractivity contribution in [2.45, 2.75) is 52.7 Å². The third-order valence-electron chi connectivity index (χ3n) is 4.36. The molecule has 0 bridgehead atoms. The number of rotatable bonds is 6. The Morgan fingerprint density at radius 2 is 1.94 bits per heavy atom. The quantitative estimate of drug-likeness (QED) is 0.769. The van der Waals surface area contributed by atoms with Crippen molar-refractivity contribution in [1.82, 2.24) is 9.80 Å². The predicted molar refractivity (Wildman–Crippen MR) is 73.2 cm³/mol. The van der Waals surface area contributed by atoms with Gasteiger partial charge in [-0.15, -0.1) is 0 Å². The maximum absolute atomic E-state index is 10.3. The van der Waals surface area contributed by atoms with Gasteiger partial charge in [0, 0.05) is 19.1 Å².